The van der Waals surface area contributed by atoms with Gasteiger partial charge in [-0.3, -0.25) is 4.79 Å². The SMILES string of the molecule is CC(NC(=O)CN(CCc1cccc(Cl)c1)S(C)(=O)=O)c1ccccc1. The summed E-state index contributed by atoms with van der Waals surface area (Å²) in [5, 5.41) is 3.44. The standard InChI is InChI=1S/C19H23ClN2O3S/c1-15(17-8-4-3-5-9-17)21-19(23)14-22(26(2,24)25)12-11-16-7-6-10-18(20)13-16/h3-10,13,15H,11-12,14H2,1-2H3,(H,21,23). The molecule has 0 heterocycles. The smallest absolute Gasteiger partial charge is 0.235 e. The maximum Gasteiger partial charge on any atom is 0.235 e. The summed E-state index contributed by atoms with van der Waals surface area (Å²) in [6.07, 6.45) is 1.59. The molecule has 0 fully saturated rings. The van der Waals surface area contributed by atoms with Gasteiger partial charge in [0.15, 0.2) is 0 Å². The monoisotopic (exact) mass is 394 g/mol. The number of nitrogens with one attached hydrogen (secondary N) is 1. The van der Waals surface area contributed by atoms with Crippen molar-refractivity contribution < 1.29 is 13.2 Å². The van der Waals surface area contributed by atoms with Gasteiger partial charge in [0.1, 0.15) is 0 Å². The maximum absolute atomic E-state index is 12.3. The topological polar surface area (TPSA) is 66.5 Å². The van der Waals surface area contributed by atoms with E-state index in [0.29, 0.717) is 11.4 Å². The molecule has 0 aliphatic heterocycles. The van der Waals surface area contributed by atoms with E-state index in [0.717, 1.165) is 17.4 Å². The number of hydrogen-bond donors (Lipinski definition) is 1. The number of benzene rings is 2. The van der Waals surface area contributed by atoms with E-state index >= 15 is 0 Å². The van der Waals surface area contributed by atoms with Gasteiger partial charge in [0, 0.05) is 11.6 Å². The summed E-state index contributed by atoms with van der Waals surface area (Å²) in [7, 11) is -3.50. The number of amides is 1. The fourth-order valence-corrected chi connectivity index (χ4v) is 3.57. The van der Waals surface area contributed by atoms with Gasteiger partial charge in [-0.2, -0.15) is 4.31 Å². The Balaban J connectivity index is 1.98. The summed E-state index contributed by atoms with van der Waals surface area (Å²) >= 11 is 5.95. The molecule has 0 saturated heterocycles. The molecule has 1 amide bonds. The van der Waals surface area contributed by atoms with Crippen LogP contribution in [-0.2, 0) is 21.2 Å². The molecule has 1 unspecified atom stereocenters. The molecule has 0 radical (unpaired) electrons. The molecule has 1 N–H and O–H groups in total. The van der Waals surface area contributed by atoms with Crippen LogP contribution in [0.5, 0.6) is 0 Å². The third-order valence-corrected chi connectivity index (χ3v) is 5.49. The first-order chi connectivity index (χ1) is 12.3. The molecular formula is C19H23ClN2O3S. The van der Waals surface area contributed by atoms with Crippen molar-refractivity contribution in [3.63, 3.8) is 0 Å². The van der Waals surface area contributed by atoms with E-state index in [4.69, 9.17) is 11.6 Å². The van der Waals surface area contributed by atoms with Crippen LogP contribution in [0.3, 0.4) is 0 Å². The first kappa shape index (κ1) is 20.4. The lowest BCUT2D eigenvalue weighted by atomic mass is 10.1. The van der Waals surface area contributed by atoms with Crippen LogP contribution in [0, 0.1) is 0 Å². The van der Waals surface area contributed by atoms with Crippen LogP contribution in [0.15, 0.2) is 54.6 Å². The van der Waals surface area contributed by atoms with E-state index in [1.807, 2.05) is 49.4 Å². The number of sulfonamides is 1. The number of rotatable bonds is 8. The van der Waals surface area contributed by atoms with Crippen LogP contribution in [0.25, 0.3) is 0 Å². The van der Waals surface area contributed by atoms with E-state index < -0.39 is 10.0 Å². The summed E-state index contributed by atoms with van der Waals surface area (Å²) in [6.45, 7) is 1.87. The van der Waals surface area contributed by atoms with Gasteiger partial charge in [-0.15, -0.1) is 0 Å². The van der Waals surface area contributed by atoms with Gasteiger partial charge in [0.05, 0.1) is 18.8 Å². The molecule has 2 rings (SSSR count). The quantitative estimate of drug-likeness (QED) is 0.748. The van der Waals surface area contributed by atoms with Gasteiger partial charge in [-0.25, -0.2) is 8.42 Å². The van der Waals surface area contributed by atoms with Crippen molar-refractivity contribution in [3.8, 4) is 0 Å². The Labute approximate surface area is 160 Å². The molecule has 0 aliphatic rings. The minimum Gasteiger partial charge on any atom is -0.348 e. The van der Waals surface area contributed by atoms with Crippen LogP contribution in [0.1, 0.15) is 24.1 Å². The van der Waals surface area contributed by atoms with E-state index in [1.165, 1.54) is 4.31 Å². The summed E-state index contributed by atoms with van der Waals surface area (Å²) in [6, 6.07) is 16.6. The van der Waals surface area contributed by atoms with Crippen molar-refractivity contribution in [1.29, 1.82) is 0 Å². The van der Waals surface area contributed by atoms with Crippen LogP contribution >= 0.6 is 11.6 Å². The second-order valence-electron chi connectivity index (χ2n) is 6.18. The lowest BCUT2D eigenvalue weighted by Gasteiger charge is -2.21. The Kier molecular flexibility index (Phi) is 7.20. The van der Waals surface area contributed by atoms with Crippen LogP contribution in [0.4, 0.5) is 0 Å². The van der Waals surface area contributed by atoms with Crippen LogP contribution in [-0.4, -0.2) is 38.0 Å². The fraction of sp³-hybridized carbons (Fsp3) is 0.316. The zero-order chi connectivity index (χ0) is 19.2. The van der Waals surface area contributed by atoms with Crippen LogP contribution < -0.4 is 5.32 Å². The van der Waals surface area contributed by atoms with Gasteiger partial charge < -0.3 is 5.32 Å². The van der Waals surface area contributed by atoms with Crippen molar-refractivity contribution >= 4 is 27.5 Å². The van der Waals surface area contributed by atoms with Crippen molar-refractivity contribution in [3.05, 3.63) is 70.7 Å². The molecule has 140 valence electrons. The molecule has 0 aliphatic carbocycles. The Hall–Kier alpha value is -1.89. The van der Waals surface area contributed by atoms with Crippen molar-refractivity contribution in [2.24, 2.45) is 0 Å². The minimum atomic E-state index is -3.50. The van der Waals surface area contributed by atoms with Gasteiger partial charge in [-0.1, -0.05) is 54.1 Å². The highest BCUT2D eigenvalue weighted by Gasteiger charge is 2.21. The van der Waals surface area contributed by atoms with Crippen molar-refractivity contribution in [1.82, 2.24) is 9.62 Å². The summed E-state index contributed by atoms with van der Waals surface area (Å²) in [5.41, 5.74) is 1.88. The Morgan fingerprint density at radius 1 is 1.15 bits per heavy atom. The highest BCUT2D eigenvalue weighted by Crippen LogP contribution is 2.13. The molecule has 0 saturated carbocycles. The molecule has 2 aromatic carbocycles. The Bertz CT molecular complexity index is 841. The first-order valence-corrected chi connectivity index (χ1v) is 10.5. The maximum atomic E-state index is 12.3. The number of carbonyl (C=O) groups is 1. The predicted molar refractivity (Wildman–Crippen MR) is 105 cm³/mol. The van der Waals surface area contributed by atoms with Gasteiger partial charge >= 0.3 is 0 Å². The molecule has 26 heavy (non-hydrogen) atoms. The number of hydrogen-bond acceptors (Lipinski definition) is 3. The van der Waals surface area contributed by atoms with E-state index in [1.54, 1.807) is 12.1 Å². The molecule has 0 aromatic heterocycles. The summed E-state index contributed by atoms with van der Waals surface area (Å²) in [4.78, 5) is 12.3. The summed E-state index contributed by atoms with van der Waals surface area (Å²) in [5.74, 6) is -0.335. The first-order valence-electron chi connectivity index (χ1n) is 8.29. The number of nitrogens with zero attached hydrogens (tertiary/aromatic N) is 1. The average Bonchev–Trinajstić information content (AvgIpc) is 2.58. The van der Waals surface area contributed by atoms with Gasteiger partial charge in [0.25, 0.3) is 0 Å². The van der Waals surface area contributed by atoms with Gasteiger partial charge in [0.2, 0.25) is 15.9 Å². The third-order valence-electron chi connectivity index (χ3n) is 4.00. The van der Waals surface area contributed by atoms with Gasteiger partial charge in [-0.05, 0) is 36.6 Å². The zero-order valence-corrected chi connectivity index (χ0v) is 16.4. The van der Waals surface area contributed by atoms with Crippen LogP contribution in [0.2, 0.25) is 5.02 Å². The lowest BCUT2D eigenvalue weighted by molar-refractivity contribution is -0.121. The third kappa shape index (κ3) is 6.44. The van der Waals surface area contributed by atoms with E-state index in [2.05, 4.69) is 5.32 Å². The average molecular weight is 395 g/mol. The molecule has 0 bridgehead atoms. The fourth-order valence-electron chi connectivity index (χ4n) is 2.58. The molecule has 7 heteroatoms. The molecule has 5 nitrogen and oxygen atoms in total. The van der Waals surface area contributed by atoms with E-state index in [-0.39, 0.29) is 25.0 Å². The van der Waals surface area contributed by atoms with Crippen molar-refractivity contribution in [2.45, 2.75) is 19.4 Å². The molecule has 2 aromatic rings. The second kappa shape index (κ2) is 9.16. The molecular weight excluding hydrogens is 372 g/mol. The number of halogens is 1. The minimum absolute atomic E-state index is 0.196. The number of carbonyl (C=O) groups excluding carboxylic acids is 1. The lowest BCUT2D eigenvalue weighted by Crippen LogP contribution is -2.41. The predicted octanol–water partition coefficient (Wildman–Crippen LogP) is 3.02. The highest BCUT2D eigenvalue weighted by molar-refractivity contribution is 7.88. The Morgan fingerprint density at radius 3 is 2.46 bits per heavy atom. The van der Waals surface area contributed by atoms with Crippen molar-refractivity contribution in [2.75, 3.05) is 19.3 Å². The molecule has 1 atom stereocenters. The second-order valence-corrected chi connectivity index (χ2v) is 8.60. The normalized spacial score (nSPS) is 12.8. The molecule has 0 spiro atoms. The van der Waals surface area contributed by atoms with E-state index in [9.17, 15) is 13.2 Å². The summed E-state index contributed by atoms with van der Waals surface area (Å²) < 4.78 is 25.2. The Morgan fingerprint density at radius 2 is 1.85 bits per heavy atom. The zero-order valence-electron chi connectivity index (χ0n) is 14.9. The highest BCUT2D eigenvalue weighted by atomic mass is 35.5. The largest absolute Gasteiger partial charge is 0.348 e.